The molecular formula is C12H4Cl5NO2. The van der Waals surface area contributed by atoms with Crippen LogP contribution in [0.4, 0.5) is 5.69 Å². The Bertz CT molecular complexity index is 717. The number of hydrogen-bond acceptors (Lipinski definition) is 2. The molecule has 8 heteroatoms. The fourth-order valence-electron chi connectivity index (χ4n) is 1.65. The van der Waals surface area contributed by atoms with Crippen molar-refractivity contribution in [2.75, 3.05) is 0 Å². The smallest absolute Gasteiger partial charge is 0.258 e. The zero-order valence-corrected chi connectivity index (χ0v) is 13.2. The third-order valence-corrected chi connectivity index (χ3v) is 4.54. The van der Waals surface area contributed by atoms with E-state index in [1.807, 2.05) is 0 Å². The number of nitro groups is 1. The van der Waals surface area contributed by atoms with Crippen LogP contribution in [0.2, 0.25) is 25.1 Å². The third-order valence-electron chi connectivity index (χ3n) is 2.55. The molecule has 0 unspecified atom stereocenters. The highest BCUT2D eigenvalue weighted by Gasteiger charge is 2.21. The van der Waals surface area contributed by atoms with Crippen LogP contribution in [0.1, 0.15) is 0 Å². The van der Waals surface area contributed by atoms with Gasteiger partial charge in [-0.2, -0.15) is 0 Å². The summed E-state index contributed by atoms with van der Waals surface area (Å²) in [4.78, 5) is 10.5. The van der Waals surface area contributed by atoms with Crippen molar-refractivity contribution >= 4 is 63.7 Å². The Labute approximate surface area is 139 Å². The fraction of sp³-hybridized carbons (Fsp3) is 0. The van der Waals surface area contributed by atoms with E-state index in [1.54, 1.807) is 0 Å². The molecule has 0 heterocycles. The molecule has 0 saturated carbocycles. The zero-order chi connectivity index (χ0) is 15.0. The minimum absolute atomic E-state index is 0.0417. The summed E-state index contributed by atoms with van der Waals surface area (Å²) in [5.41, 5.74) is 0.369. The quantitative estimate of drug-likeness (QED) is 0.261. The summed E-state index contributed by atoms with van der Waals surface area (Å²) in [5.74, 6) is 0. The second-order valence-corrected chi connectivity index (χ2v) is 5.74. The lowest BCUT2D eigenvalue weighted by atomic mass is 10.0. The normalized spacial score (nSPS) is 10.7. The first-order valence-electron chi connectivity index (χ1n) is 5.10. The van der Waals surface area contributed by atoms with Crippen molar-refractivity contribution < 1.29 is 4.92 Å². The van der Waals surface area contributed by atoms with Gasteiger partial charge in [0.2, 0.25) is 0 Å². The molecule has 0 aliphatic carbocycles. The van der Waals surface area contributed by atoms with E-state index in [0.29, 0.717) is 5.56 Å². The second kappa shape index (κ2) is 5.96. The fourth-order valence-corrected chi connectivity index (χ4v) is 2.72. The maximum absolute atomic E-state index is 11.1. The van der Waals surface area contributed by atoms with Gasteiger partial charge in [-0.25, -0.2) is 0 Å². The highest BCUT2D eigenvalue weighted by Crippen LogP contribution is 2.44. The molecule has 104 valence electrons. The lowest BCUT2D eigenvalue weighted by molar-refractivity contribution is -0.384. The van der Waals surface area contributed by atoms with Crippen molar-refractivity contribution in [3.05, 3.63) is 59.5 Å². The number of hydrogen-bond donors (Lipinski definition) is 0. The predicted molar refractivity (Wildman–Crippen MR) is 83.6 cm³/mol. The first-order chi connectivity index (χ1) is 9.32. The minimum atomic E-state index is -0.562. The molecule has 0 saturated heterocycles. The molecule has 2 aromatic rings. The van der Waals surface area contributed by atoms with Crippen molar-refractivity contribution in [3.63, 3.8) is 0 Å². The Morgan fingerprint density at radius 3 is 2.10 bits per heavy atom. The van der Waals surface area contributed by atoms with Crippen LogP contribution in [-0.4, -0.2) is 4.92 Å². The first kappa shape index (κ1) is 15.7. The van der Waals surface area contributed by atoms with E-state index >= 15 is 0 Å². The number of halogens is 5. The zero-order valence-electron chi connectivity index (χ0n) is 9.46. The summed E-state index contributed by atoms with van der Waals surface area (Å²) < 4.78 is 0. The van der Waals surface area contributed by atoms with Gasteiger partial charge in [0, 0.05) is 16.7 Å². The number of nitro benzene ring substituents is 1. The summed E-state index contributed by atoms with van der Waals surface area (Å²) in [7, 11) is 0. The van der Waals surface area contributed by atoms with E-state index in [2.05, 4.69) is 0 Å². The van der Waals surface area contributed by atoms with Gasteiger partial charge in [0.25, 0.3) is 5.69 Å². The summed E-state index contributed by atoms with van der Waals surface area (Å²) in [6.07, 6.45) is 0. The SMILES string of the molecule is O=[N+]([O-])c1cc(Cl)ccc1-c1cc(Cl)c(Cl)c(Cl)c1Cl. The lowest BCUT2D eigenvalue weighted by Gasteiger charge is -2.10. The summed E-state index contributed by atoms with van der Waals surface area (Å²) in [5, 5.41) is 11.7. The molecule has 0 aromatic heterocycles. The maximum Gasteiger partial charge on any atom is 0.278 e. The molecule has 20 heavy (non-hydrogen) atoms. The average molecular weight is 371 g/mol. The summed E-state index contributed by atoms with van der Waals surface area (Å²) in [6.45, 7) is 0. The predicted octanol–water partition coefficient (Wildman–Crippen LogP) is 6.53. The number of benzene rings is 2. The van der Waals surface area contributed by atoms with Crippen LogP contribution in [0, 0.1) is 10.1 Å². The molecule has 0 amide bonds. The van der Waals surface area contributed by atoms with Gasteiger partial charge in [-0.05, 0) is 18.2 Å². The molecule has 0 aliphatic heterocycles. The van der Waals surface area contributed by atoms with Gasteiger partial charge in [0.1, 0.15) is 0 Å². The summed E-state index contributed by atoms with van der Waals surface area (Å²) in [6, 6.07) is 5.64. The van der Waals surface area contributed by atoms with E-state index < -0.39 is 4.92 Å². The maximum atomic E-state index is 11.1. The van der Waals surface area contributed by atoms with Gasteiger partial charge in [-0.15, -0.1) is 0 Å². The van der Waals surface area contributed by atoms with E-state index in [0.717, 1.165) is 0 Å². The van der Waals surface area contributed by atoms with Crippen LogP contribution >= 0.6 is 58.0 Å². The largest absolute Gasteiger partial charge is 0.278 e. The molecule has 0 atom stereocenters. The average Bonchev–Trinajstić information content (AvgIpc) is 2.40. The Kier molecular flexibility index (Phi) is 4.67. The van der Waals surface area contributed by atoms with Crippen molar-refractivity contribution in [2.24, 2.45) is 0 Å². The van der Waals surface area contributed by atoms with Gasteiger partial charge in [0.05, 0.1) is 30.6 Å². The molecule has 0 radical (unpaired) electrons. The first-order valence-corrected chi connectivity index (χ1v) is 6.99. The minimum Gasteiger partial charge on any atom is -0.258 e. The molecule has 3 nitrogen and oxygen atoms in total. The lowest BCUT2D eigenvalue weighted by Crippen LogP contribution is -1.93. The van der Waals surface area contributed by atoms with Crippen LogP contribution < -0.4 is 0 Å². The van der Waals surface area contributed by atoms with Crippen LogP contribution in [0.25, 0.3) is 11.1 Å². The van der Waals surface area contributed by atoms with E-state index in [9.17, 15) is 10.1 Å². The van der Waals surface area contributed by atoms with Crippen LogP contribution in [0.5, 0.6) is 0 Å². The molecule has 2 rings (SSSR count). The molecule has 0 N–H and O–H groups in total. The van der Waals surface area contributed by atoms with Crippen molar-refractivity contribution in [1.82, 2.24) is 0 Å². The van der Waals surface area contributed by atoms with Gasteiger partial charge in [0.15, 0.2) is 0 Å². The number of rotatable bonds is 2. The third kappa shape index (κ3) is 2.83. The van der Waals surface area contributed by atoms with Crippen molar-refractivity contribution in [1.29, 1.82) is 0 Å². The monoisotopic (exact) mass is 369 g/mol. The molecule has 0 aliphatic rings. The van der Waals surface area contributed by atoms with Crippen molar-refractivity contribution in [2.45, 2.75) is 0 Å². The Balaban J connectivity index is 2.79. The van der Waals surface area contributed by atoms with Gasteiger partial charge < -0.3 is 0 Å². The molecule has 0 fully saturated rings. The Morgan fingerprint density at radius 2 is 1.50 bits per heavy atom. The van der Waals surface area contributed by atoms with Gasteiger partial charge in [-0.3, -0.25) is 10.1 Å². The van der Waals surface area contributed by atoms with E-state index in [4.69, 9.17) is 58.0 Å². The Morgan fingerprint density at radius 1 is 0.850 bits per heavy atom. The number of nitrogens with zero attached hydrogens (tertiary/aromatic N) is 1. The second-order valence-electron chi connectivity index (χ2n) is 3.77. The van der Waals surface area contributed by atoms with Crippen molar-refractivity contribution in [3.8, 4) is 11.1 Å². The molecule has 0 bridgehead atoms. The highest BCUT2D eigenvalue weighted by molar-refractivity contribution is 6.52. The standard InChI is InChI=1S/C12H4Cl5NO2/c13-5-1-2-6(9(3-5)18(19)20)7-4-8(14)11(16)12(17)10(7)15/h1-4H. The van der Waals surface area contributed by atoms with E-state index in [-0.39, 0.29) is 36.4 Å². The van der Waals surface area contributed by atoms with E-state index in [1.165, 1.54) is 24.3 Å². The van der Waals surface area contributed by atoms with Crippen LogP contribution in [-0.2, 0) is 0 Å². The van der Waals surface area contributed by atoms with Crippen LogP contribution in [0.15, 0.2) is 24.3 Å². The van der Waals surface area contributed by atoms with Gasteiger partial charge in [-0.1, -0.05) is 58.0 Å². The van der Waals surface area contributed by atoms with Gasteiger partial charge >= 0.3 is 0 Å². The highest BCUT2D eigenvalue weighted by atomic mass is 35.5. The molecule has 0 spiro atoms. The Hall–Kier alpha value is -0.710. The topological polar surface area (TPSA) is 43.1 Å². The summed E-state index contributed by atoms with van der Waals surface area (Å²) >= 11 is 29.6. The molecule has 2 aromatic carbocycles. The molecular weight excluding hydrogens is 367 g/mol. The van der Waals surface area contributed by atoms with Crippen LogP contribution in [0.3, 0.4) is 0 Å².